The maximum absolute atomic E-state index is 10.6. The molecule has 0 radical (unpaired) electrons. The van der Waals surface area contributed by atoms with Gasteiger partial charge in [-0.15, -0.1) is 11.3 Å². The smallest absolute Gasteiger partial charge is 0.450 e. The summed E-state index contributed by atoms with van der Waals surface area (Å²) in [7, 11) is 0. The van der Waals surface area contributed by atoms with Crippen molar-refractivity contribution in [3.63, 3.8) is 0 Å². The number of nitrogens with zero attached hydrogens (tertiary/aromatic N) is 2. The highest BCUT2D eigenvalue weighted by molar-refractivity contribution is 7.13. The van der Waals surface area contributed by atoms with Gasteiger partial charge in [0.05, 0.1) is 15.3 Å². The summed E-state index contributed by atoms with van der Waals surface area (Å²) in [4.78, 5) is 23.7. The number of thiazole rings is 1. The van der Waals surface area contributed by atoms with Crippen molar-refractivity contribution < 1.29 is 19.9 Å². The lowest BCUT2D eigenvalue weighted by Crippen LogP contribution is -1.89. The van der Waals surface area contributed by atoms with E-state index in [1.807, 2.05) is 6.92 Å². The molecule has 100 valence electrons. The second-order valence-corrected chi connectivity index (χ2v) is 4.29. The van der Waals surface area contributed by atoms with Crippen LogP contribution in [0.15, 0.2) is 29.9 Å². The number of rotatable bonds is 2. The summed E-state index contributed by atoms with van der Waals surface area (Å²) in [5.41, 5.74) is 3.73. The predicted molar refractivity (Wildman–Crippen MR) is 69.6 cm³/mol. The Morgan fingerprint density at radius 1 is 1.42 bits per heavy atom. The lowest BCUT2D eigenvalue weighted by Gasteiger charge is -2.01. The number of aryl methyl sites for hydroxylation is 1. The molecule has 7 nitrogen and oxygen atoms in total. The Morgan fingerprint density at radius 2 is 2.05 bits per heavy atom. The van der Waals surface area contributed by atoms with Crippen LogP contribution in [0.4, 0.5) is 10.5 Å². The fourth-order valence-electron chi connectivity index (χ4n) is 1.34. The average molecular weight is 282 g/mol. The molecule has 2 rings (SSSR count). The van der Waals surface area contributed by atoms with Gasteiger partial charge < -0.3 is 10.2 Å². The van der Waals surface area contributed by atoms with Crippen LogP contribution in [-0.4, -0.2) is 26.3 Å². The molecule has 0 amide bonds. The van der Waals surface area contributed by atoms with Crippen LogP contribution in [0.3, 0.4) is 0 Å². The molecule has 8 heteroatoms. The molecule has 1 aromatic heterocycles. The lowest BCUT2D eigenvalue weighted by molar-refractivity contribution is -0.384. The van der Waals surface area contributed by atoms with Crippen LogP contribution in [0.5, 0.6) is 0 Å². The van der Waals surface area contributed by atoms with Crippen molar-refractivity contribution >= 4 is 23.2 Å². The standard InChI is InChI=1S/C10H8N2O2S.CH2O3/c1-7-2-3-8(12(13)14)4-9(7)10-5-11-6-15-10;2-1(3)4/h2-6H,1H3;(H2,2,3,4). The fraction of sp³-hybridized carbons (Fsp3) is 0.0909. The minimum Gasteiger partial charge on any atom is -0.450 e. The van der Waals surface area contributed by atoms with Gasteiger partial charge in [-0.2, -0.15) is 0 Å². The lowest BCUT2D eigenvalue weighted by atomic mass is 10.1. The number of non-ortho nitro benzene ring substituents is 1. The third-order valence-electron chi connectivity index (χ3n) is 2.13. The first-order valence-corrected chi connectivity index (χ1v) is 5.85. The van der Waals surface area contributed by atoms with E-state index in [1.54, 1.807) is 23.8 Å². The SMILES string of the molecule is Cc1ccc([N+](=O)[O-])cc1-c1cncs1.O=C(O)O. The highest BCUT2D eigenvalue weighted by atomic mass is 32.1. The van der Waals surface area contributed by atoms with Gasteiger partial charge in [-0.3, -0.25) is 15.1 Å². The van der Waals surface area contributed by atoms with Crippen LogP contribution in [0.1, 0.15) is 5.56 Å². The Hall–Kier alpha value is -2.48. The number of carbonyl (C=O) groups is 1. The summed E-state index contributed by atoms with van der Waals surface area (Å²) >= 11 is 1.48. The molecule has 0 aliphatic rings. The number of hydrogen-bond acceptors (Lipinski definition) is 5. The molecule has 0 saturated carbocycles. The molecule has 0 saturated heterocycles. The maximum Gasteiger partial charge on any atom is 0.503 e. The van der Waals surface area contributed by atoms with Gasteiger partial charge in [0.2, 0.25) is 0 Å². The molecule has 0 atom stereocenters. The van der Waals surface area contributed by atoms with Crippen molar-refractivity contribution in [2.24, 2.45) is 0 Å². The molecule has 0 fully saturated rings. The van der Waals surface area contributed by atoms with E-state index in [0.717, 1.165) is 16.0 Å². The Labute approximate surface area is 111 Å². The molecule has 1 heterocycles. The van der Waals surface area contributed by atoms with Crippen LogP contribution in [0.25, 0.3) is 10.4 Å². The van der Waals surface area contributed by atoms with Gasteiger partial charge in [0.25, 0.3) is 5.69 Å². The van der Waals surface area contributed by atoms with Crippen LogP contribution in [0.2, 0.25) is 0 Å². The Bertz CT molecular complexity index is 579. The summed E-state index contributed by atoms with van der Waals surface area (Å²) < 4.78 is 0. The quantitative estimate of drug-likeness (QED) is 0.645. The van der Waals surface area contributed by atoms with E-state index in [4.69, 9.17) is 15.0 Å². The second-order valence-electron chi connectivity index (χ2n) is 3.40. The molecule has 2 N–H and O–H groups in total. The second kappa shape index (κ2) is 6.45. The zero-order chi connectivity index (χ0) is 14.4. The number of nitro benzene ring substituents is 1. The highest BCUT2D eigenvalue weighted by Gasteiger charge is 2.10. The first kappa shape index (κ1) is 14.6. The largest absolute Gasteiger partial charge is 0.503 e. The van der Waals surface area contributed by atoms with Gasteiger partial charge in [0.15, 0.2) is 0 Å². The number of carboxylic acid groups (broad SMARTS) is 2. The summed E-state index contributed by atoms with van der Waals surface area (Å²) in [6.45, 7) is 1.93. The van der Waals surface area contributed by atoms with Gasteiger partial charge in [-0.05, 0) is 12.5 Å². The minimum absolute atomic E-state index is 0.115. The van der Waals surface area contributed by atoms with Crippen molar-refractivity contribution in [3.8, 4) is 10.4 Å². The molecule has 0 spiro atoms. The highest BCUT2D eigenvalue weighted by Crippen LogP contribution is 2.29. The Kier molecular flexibility index (Phi) is 4.95. The van der Waals surface area contributed by atoms with Crippen LogP contribution in [0, 0.1) is 17.0 Å². The fourth-order valence-corrected chi connectivity index (χ4v) is 2.04. The number of nitro groups is 1. The molecule has 1 aromatic carbocycles. The van der Waals surface area contributed by atoms with E-state index >= 15 is 0 Å². The van der Waals surface area contributed by atoms with Gasteiger partial charge in [-0.1, -0.05) is 6.07 Å². The van der Waals surface area contributed by atoms with Crippen LogP contribution >= 0.6 is 11.3 Å². The third kappa shape index (κ3) is 4.36. The Morgan fingerprint density at radius 3 is 2.53 bits per heavy atom. The Balaban J connectivity index is 0.000000399. The summed E-state index contributed by atoms with van der Waals surface area (Å²) in [5, 5.41) is 24.6. The summed E-state index contributed by atoms with van der Waals surface area (Å²) in [5.74, 6) is 0. The molecular weight excluding hydrogens is 272 g/mol. The molecule has 0 unspecified atom stereocenters. The van der Waals surface area contributed by atoms with Crippen molar-refractivity contribution in [2.45, 2.75) is 6.92 Å². The van der Waals surface area contributed by atoms with Gasteiger partial charge in [0, 0.05) is 23.9 Å². The van der Waals surface area contributed by atoms with E-state index in [9.17, 15) is 10.1 Å². The normalized spacial score (nSPS) is 9.32. The first-order chi connectivity index (χ1) is 8.91. The molecule has 2 aromatic rings. The minimum atomic E-state index is -1.83. The van der Waals surface area contributed by atoms with Crippen LogP contribution < -0.4 is 0 Å². The molecule has 0 aliphatic carbocycles. The molecule has 0 bridgehead atoms. The van der Waals surface area contributed by atoms with Crippen molar-refractivity contribution in [2.75, 3.05) is 0 Å². The third-order valence-corrected chi connectivity index (χ3v) is 2.94. The topological polar surface area (TPSA) is 114 Å². The average Bonchev–Trinajstić information content (AvgIpc) is 2.81. The molecule has 19 heavy (non-hydrogen) atoms. The number of benzene rings is 1. The van der Waals surface area contributed by atoms with Gasteiger partial charge in [-0.25, -0.2) is 4.79 Å². The van der Waals surface area contributed by atoms with Crippen molar-refractivity contribution in [1.29, 1.82) is 0 Å². The van der Waals surface area contributed by atoms with E-state index in [2.05, 4.69) is 4.98 Å². The van der Waals surface area contributed by atoms with E-state index in [-0.39, 0.29) is 10.6 Å². The van der Waals surface area contributed by atoms with E-state index < -0.39 is 6.16 Å². The summed E-state index contributed by atoms with van der Waals surface area (Å²) in [6, 6.07) is 4.86. The van der Waals surface area contributed by atoms with Gasteiger partial charge in [0.1, 0.15) is 0 Å². The molecule has 0 aliphatic heterocycles. The first-order valence-electron chi connectivity index (χ1n) is 4.97. The monoisotopic (exact) mass is 282 g/mol. The van der Waals surface area contributed by atoms with E-state index in [1.165, 1.54) is 17.4 Å². The van der Waals surface area contributed by atoms with Crippen molar-refractivity contribution in [1.82, 2.24) is 4.98 Å². The van der Waals surface area contributed by atoms with Gasteiger partial charge >= 0.3 is 6.16 Å². The molecular formula is C11H10N2O5S. The van der Waals surface area contributed by atoms with Crippen LogP contribution in [-0.2, 0) is 0 Å². The van der Waals surface area contributed by atoms with E-state index in [0.29, 0.717) is 0 Å². The zero-order valence-corrected chi connectivity index (χ0v) is 10.6. The predicted octanol–water partition coefficient (Wildman–Crippen LogP) is 3.25. The van der Waals surface area contributed by atoms with Crippen molar-refractivity contribution in [3.05, 3.63) is 45.6 Å². The number of hydrogen-bond donors (Lipinski definition) is 2. The number of aromatic nitrogens is 1. The zero-order valence-electron chi connectivity index (χ0n) is 9.81. The maximum atomic E-state index is 10.6. The summed E-state index contributed by atoms with van der Waals surface area (Å²) in [6.07, 6.45) is -0.114.